The molecule has 1 saturated carbocycles. The van der Waals surface area contributed by atoms with Crippen LogP contribution < -0.4 is 0 Å². The molecular weight excluding hydrogens is 803 g/mol. The van der Waals surface area contributed by atoms with E-state index in [4.69, 9.17) is 18.5 Å². The molecule has 0 spiro atoms. The van der Waals surface area contributed by atoms with E-state index in [1.165, 1.54) is 19.3 Å². The summed E-state index contributed by atoms with van der Waals surface area (Å²) in [5.41, 5.74) is 0. The molecule has 0 radical (unpaired) electrons. The molecule has 0 aromatic heterocycles. The molecule has 0 saturated heterocycles. The van der Waals surface area contributed by atoms with Crippen LogP contribution in [0.25, 0.3) is 0 Å². The summed E-state index contributed by atoms with van der Waals surface area (Å²) in [6.45, 7) is 3.05. The fourth-order valence-corrected chi connectivity index (χ4v) is 7.13. The first-order valence-corrected chi connectivity index (χ1v) is 23.9. The highest BCUT2D eigenvalue weighted by Gasteiger charge is 2.51. The van der Waals surface area contributed by atoms with Crippen LogP contribution in [0.5, 0.6) is 0 Å². The molecule has 0 aliphatic heterocycles. The molecule has 61 heavy (non-hydrogen) atoms. The van der Waals surface area contributed by atoms with Crippen molar-refractivity contribution in [2.45, 2.75) is 185 Å². The number of allylic oxidation sites excluding steroid dienone is 13. The lowest BCUT2D eigenvalue weighted by Gasteiger charge is -2.41. The summed E-state index contributed by atoms with van der Waals surface area (Å²) >= 11 is 0. The first-order chi connectivity index (χ1) is 29.4. The van der Waals surface area contributed by atoms with Gasteiger partial charge in [0.15, 0.2) is 6.10 Å². The van der Waals surface area contributed by atoms with E-state index in [1.54, 1.807) is 12.2 Å². The molecule has 1 fully saturated rings. The number of carbonyl (C=O) groups is 2. The Hall–Kier alpha value is -2.97. The van der Waals surface area contributed by atoms with Crippen molar-refractivity contribution in [1.29, 1.82) is 0 Å². The van der Waals surface area contributed by atoms with Crippen molar-refractivity contribution in [2.24, 2.45) is 0 Å². The number of hydrogen-bond acceptors (Lipinski definition) is 12. The summed E-state index contributed by atoms with van der Waals surface area (Å²) in [6, 6.07) is 0. The highest BCUT2D eigenvalue weighted by molar-refractivity contribution is 7.47. The zero-order chi connectivity index (χ0) is 45.0. The molecule has 0 bridgehead atoms. The Morgan fingerprint density at radius 1 is 0.541 bits per heavy atom. The zero-order valence-electron chi connectivity index (χ0n) is 36.7. The molecule has 0 aromatic carbocycles. The van der Waals surface area contributed by atoms with Gasteiger partial charge in [-0.3, -0.25) is 18.6 Å². The van der Waals surface area contributed by atoms with Crippen LogP contribution in [-0.2, 0) is 32.7 Å². The maximum absolute atomic E-state index is 12.8. The smallest absolute Gasteiger partial charge is 0.462 e. The van der Waals surface area contributed by atoms with Crippen molar-refractivity contribution in [3.63, 3.8) is 0 Å². The standard InChI is InChI=1S/C47H77O13P/c1-3-5-7-9-11-13-15-17-19-20-22-23-25-27-29-31-33-35-40(48)57-37-39(38-58-61(55,56)60-47-45(53)43(51)42(50)44(52)46(47)54)59-41(49)36-34-32-30-28-26-24-21-18-16-14-12-10-8-6-4-2/h6,8,11-14,17-19,21,26,28,32,34,39,42-47,50-54H,3-5,7,9-10,15-16,20,22-25,27,29-31,33,35-38H2,1-2H3,(H,55,56)/b8-6-,13-11-,14-12-,19-17-,21-18-,28-26-,34-32-. The first kappa shape index (κ1) is 56.0. The van der Waals surface area contributed by atoms with Crippen molar-refractivity contribution in [3.8, 4) is 0 Å². The third-order valence-corrected chi connectivity index (χ3v) is 10.7. The van der Waals surface area contributed by atoms with Gasteiger partial charge in [-0.2, -0.15) is 0 Å². The van der Waals surface area contributed by atoms with Gasteiger partial charge < -0.3 is 39.9 Å². The van der Waals surface area contributed by atoms with Crippen LogP contribution in [0.1, 0.15) is 142 Å². The fourth-order valence-electron chi connectivity index (χ4n) is 6.16. The normalized spacial score (nSPS) is 22.8. The van der Waals surface area contributed by atoms with Crippen molar-refractivity contribution < 1.29 is 63.1 Å². The lowest BCUT2D eigenvalue weighted by molar-refractivity contribution is -0.220. The number of ether oxygens (including phenoxy) is 2. The lowest BCUT2D eigenvalue weighted by Crippen LogP contribution is -2.64. The van der Waals surface area contributed by atoms with Crippen LogP contribution in [0.3, 0.4) is 0 Å². The van der Waals surface area contributed by atoms with Gasteiger partial charge in [0.2, 0.25) is 0 Å². The first-order valence-electron chi connectivity index (χ1n) is 22.4. The van der Waals surface area contributed by atoms with Gasteiger partial charge in [0.05, 0.1) is 13.0 Å². The van der Waals surface area contributed by atoms with Crippen molar-refractivity contribution >= 4 is 19.8 Å². The van der Waals surface area contributed by atoms with Crippen LogP contribution >= 0.6 is 7.82 Å². The van der Waals surface area contributed by atoms with Crippen molar-refractivity contribution in [2.75, 3.05) is 13.2 Å². The highest BCUT2D eigenvalue weighted by Crippen LogP contribution is 2.47. The van der Waals surface area contributed by atoms with Crippen molar-refractivity contribution in [1.82, 2.24) is 0 Å². The molecule has 6 unspecified atom stereocenters. The topological polar surface area (TPSA) is 210 Å². The molecule has 1 aliphatic carbocycles. The second kappa shape index (κ2) is 36.5. The molecule has 1 rings (SSSR count). The Kier molecular flexibility index (Phi) is 33.5. The van der Waals surface area contributed by atoms with E-state index >= 15 is 0 Å². The third-order valence-electron chi connectivity index (χ3n) is 9.75. The van der Waals surface area contributed by atoms with E-state index < -0.39 is 75.7 Å². The third kappa shape index (κ3) is 29.1. The van der Waals surface area contributed by atoms with Crippen LogP contribution in [0.2, 0.25) is 0 Å². The van der Waals surface area contributed by atoms with E-state index in [9.17, 15) is 44.6 Å². The second-order valence-corrected chi connectivity index (χ2v) is 16.6. The van der Waals surface area contributed by atoms with E-state index in [-0.39, 0.29) is 12.8 Å². The fraction of sp³-hybridized carbons (Fsp3) is 0.660. The molecule has 0 amide bonds. The summed E-state index contributed by atoms with van der Waals surface area (Å²) < 4.78 is 33.3. The molecule has 14 heteroatoms. The molecule has 6 atom stereocenters. The molecular formula is C47H77O13P. The quantitative estimate of drug-likeness (QED) is 0.0153. The number of unbranched alkanes of at least 4 members (excludes halogenated alkanes) is 10. The number of aliphatic hydroxyl groups excluding tert-OH is 5. The number of rotatable bonds is 35. The van der Waals surface area contributed by atoms with Gasteiger partial charge in [0, 0.05) is 6.42 Å². The summed E-state index contributed by atoms with van der Waals surface area (Å²) in [6.07, 6.45) is 33.8. The lowest BCUT2D eigenvalue weighted by atomic mass is 9.85. The largest absolute Gasteiger partial charge is 0.472 e. The highest BCUT2D eigenvalue weighted by atomic mass is 31.2. The Labute approximate surface area is 365 Å². The zero-order valence-corrected chi connectivity index (χ0v) is 37.6. The minimum absolute atomic E-state index is 0.134. The van der Waals surface area contributed by atoms with Crippen LogP contribution in [0.15, 0.2) is 85.1 Å². The molecule has 13 nitrogen and oxygen atoms in total. The maximum Gasteiger partial charge on any atom is 0.472 e. The molecule has 348 valence electrons. The average molecular weight is 881 g/mol. The van der Waals surface area contributed by atoms with E-state index in [2.05, 4.69) is 74.6 Å². The molecule has 6 N–H and O–H groups in total. The number of carbonyl (C=O) groups excluding carboxylic acids is 2. The maximum atomic E-state index is 12.8. The van der Waals surface area contributed by atoms with Gasteiger partial charge in [-0.05, 0) is 70.6 Å². The predicted molar refractivity (Wildman–Crippen MR) is 239 cm³/mol. The monoisotopic (exact) mass is 881 g/mol. The van der Waals surface area contributed by atoms with Crippen molar-refractivity contribution in [3.05, 3.63) is 85.1 Å². The van der Waals surface area contributed by atoms with Gasteiger partial charge in [-0.25, -0.2) is 4.57 Å². The van der Waals surface area contributed by atoms with E-state index in [1.807, 2.05) is 12.2 Å². The molecule has 1 aliphatic rings. The SMILES string of the molecule is CC/C=C\C/C=C\C/C=C\C/C=C\C/C=C\CC(=O)OC(COC(=O)CCCCCCCCC/C=C\C/C=C\CCCCC)COP(=O)(O)OC1C(O)C(O)C(O)C(O)C1O. The van der Waals surface area contributed by atoms with Crippen LogP contribution in [0.4, 0.5) is 0 Å². The number of hydrogen-bond donors (Lipinski definition) is 6. The summed E-state index contributed by atoms with van der Waals surface area (Å²) in [4.78, 5) is 35.6. The number of aliphatic hydroxyl groups is 5. The summed E-state index contributed by atoms with van der Waals surface area (Å²) in [5.74, 6) is -1.26. The van der Waals surface area contributed by atoms with Gasteiger partial charge in [-0.1, -0.05) is 144 Å². The molecule has 0 aromatic rings. The van der Waals surface area contributed by atoms with Crippen LogP contribution in [-0.4, -0.2) is 98.3 Å². The molecule has 0 heterocycles. The summed E-state index contributed by atoms with van der Waals surface area (Å²) in [5, 5.41) is 50.1. The van der Waals surface area contributed by atoms with Gasteiger partial charge in [-0.15, -0.1) is 0 Å². The van der Waals surface area contributed by atoms with E-state index in [0.717, 1.165) is 83.5 Å². The Balaban J connectivity index is 2.54. The van der Waals surface area contributed by atoms with E-state index in [0.29, 0.717) is 12.8 Å². The Morgan fingerprint density at radius 3 is 1.51 bits per heavy atom. The minimum atomic E-state index is -5.15. The number of esters is 2. The second-order valence-electron chi connectivity index (χ2n) is 15.2. The van der Waals surface area contributed by atoms with Gasteiger partial charge in [0.25, 0.3) is 0 Å². The predicted octanol–water partition coefficient (Wildman–Crippen LogP) is 8.50. The number of phosphoric ester groups is 1. The Morgan fingerprint density at radius 2 is 0.984 bits per heavy atom. The average Bonchev–Trinajstić information content (AvgIpc) is 3.24. The van der Waals surface area contributed by atoms with Gasteiger partial charge in [0.1, 0.15) is 43.2 Å². The summed E-state index contributed by atoms with van der Waals surface area (Å²) in [7, 11) is -5.15. The minimum Gasteiger partial charge on any atom is -0.462 e. The van der Waals surface area contributed by atoms with Gasteiger partial charge >= 0.3 is 19.8 Å². The number of phosphoric acid groups is 1. The van der Waals surface area contributed by atoms with Crippen LogP contribution in [0, 0.1) is 0 Å². The Bertz CT molecular complexity index is 1390.